The number of furan rings is 1. The normalized spacial score (nSPS) is 15.3. The Morgan fingerprint density at radius 2 is 1.93 bits per heavy atom. The summed E-state index contributed by atoms with van der Waals surface area (Å²) in [5, 5.41) is 7.62. The second kappa shape index (κ2) is 8.18. The van der Waals surface area contributed by atoms with Crippen molar-refractivity contribution >= 4 is 16.0 Å². The fourth-order valence-corrected chi connectivity index (χ4v) is 4.62. The second-order valence-electron chi connectivity index (χ2n) is 6.55. The summed E-state index contributed by atoms with van der Waals surface area (Å²) < 4.78 is 42.7. The first-order valence-corrected chi connectivity index (χ1v) is 10.6. The Balaban J connectivity index is 1.43. The first kappa shape index (κ1) is 19.3. The van der Waals surface area contributed by atoms with Crippen LogP contribution in [-0.4, -0.2) is 42.0 Å². The van der Waals surface area contributed by atoms with Gasteiger partial charge >= 0.3 is 5.97 Å². The molecule has 0 unspecified atom stereocenters. The van der Waals surface area contributed by atoms with Gasteiger partial charge in [-0.15, -0.1) is 10.2 Å². The van der Waals surface area contributed by atoms with Crippen molar-refractivity contribution in [2.75, 3.05) is 13.1 Å². The van der Waals surface area contributed by atoms with Crippen molar-refractivity contribution in [3.63, 3.8) is 0 Å². The highest BCUT2D eigenvalue weighted by Crippen LogP contribution is 2.22. The molecule has 1 fully saturated rings. The number of nitrogens with zero attached hydrogens (tertiary/aromatic N) is 3. The van der Waals surface area contributed by atoms with Crippen molar-refractivity contribution in [3.05, 3.63) is 54.1 Å². The third-order valence-corrected chi connectivity index (χ3v) is 6.44. The zero-order valence-electron chi connectivity index (χ0n) is 15.5. The van der Waals surface area contributed by atoms with Gasteiger partial charge in [-0.25, -0.2) is 13.2 Å². The molecule has 2 aromatic heterocycles. The van der Waals surface area contributed by atoms with Crippen molar-refractivity contribution in [2.45, 2.75) is 30.8 Å². The molecule has 0 aliphatic carbocycles. The zero-order valence-corrected chi connectivity index (χ0v) is 16.3. The summed E-state index contributed by atoms with van der Waals surface area (Å²) in [5.41, 5.74) is 0.133. The monoisotopic (exact) mass is 417 g/mol. The van der Waals surface area contributed by atoms with Gasteiger partial charge in [0.25, 0.3) is 11.8 Å². The molecule has 0 bridgehead atoms. The van der Waals surface area contributed by atoms with Crippen LogP contribution in [0.3, 0.4) is 0 Å². The fourth-order valence-electron chi connectivity index (χ4n) is 3.06. The minimum atomic E-state index is -3.63. The lowest BCUT2D eigenvalue weighted by atomic mass is 10.2. The van der Waals surface area contributed by atoms with E-state index in [4.69, 9.17) is 13.6 Å². The minimum Gasteiger partial charge on any atom is -0.459 e. The number of piperidine rings is 1. The average molecular weight is 417 g/mol. The van der Waals surface area contributed by atoms with Gasteiger partial charge in [-0.3, -0.25) is 0 Å². The van der Waals surface area contributed by atoms with Crippen LogP contribution < -0.4 is 0 Å². The lowest BCUT2D eigenvalue weighted by Gasteiger charge is -2.25. The quantitative estimate of drug-likeness (QED) is 0.562. The third kappa shape index (κ3) is 4.22. The van der Waals surface area contributed by atoms with Crippen molar-refractivity contribution in [1.29, 1.82) is 0 Å². The van der Waals surface area contributed by atoms with Gasteiger partial charge in [0.05, 0.1) is 16.7 Å². The van der Waals surface area contributed by atoms with Crippen LogP contribution in [0.25, 0.3) is 11.7 Å². The van der Waals surface area contributed by atoms with Crippen molar-refractivity contribution in [1.82, 2.24) is 14.5 Å². The fraction of sp³-hybridized carbons (Fsp3) is 0.316. The van der Waals surface area contributed by atoms with Gasteiger partial charge in [0.15, 0.2) is 12.4 Å². The van der Waals surface area contributed by atoms with Crippen LogP contribution in [0.15, 0.2) is 56.4 Å². The highest BCUT2D eigenvalue weighted by atomic mass is 32.2. The molecule has 0 amide bonds. The molecule has 1 aromatic carbocycles. The number of ether oxygens (including phenoxy) is 1. The summed E-state index contributed by atoms with van der Waals surface area (Å²) in [6.45, 7) is 0.744. The Bertz CT molecular complexity index is 1080. The molecule has 10 heteroatoms. The van der Waals surface area contributed by atoms with E-state index in [0.717, 1.165) is 19.3 Å². The SMILES string of the molecule is O=C(OCc1nnc(-c2ccco2)o1)c1cccc(S(=O)(=O)N2CCCCC2)c1. The molecule has 3 aromatic rings. The molecule has 9 nitrogen and oxygen atoms in total. The van der Waals surface area contributed by atoms with Crippen molar-refractivity contribution < 1.29 is 26.8 Å². The zero-order chi connectivity index (χ0) is 20.3. The van der Waals surface area contributed by atoms with Gasteiger partial charge in [-0.05, 0) is 43.2 Å². The summed E-state index contributed by atoms with van der Waals surface area (Å²) in [6, 6.07) is 9.18. The molecule has 0 atom stereocenters. The Morgan fingerprint density at radius 1 is 1.10 bits per heavy atom. The summed E-state index contributed by atoms with van der Waals surface area (Å²) >= 11 is 0. The second-order valence-corrected chi connectivity index (χ2v) is 8.48. The molecule has 152 valence electrons. The average Bonchev–Trinajstić information content (AvgIpc) is 3.44. The van der Waals surface area contributed by atoms with E-state index in [1.807, 2.05) is 0 Å². The number of esters is 1. The highest BCUT2D eigenvalue weighted by molar-refractivity contribution is 7.89. The van der Waals surface area contributed by atoms with E-state index >= 15 is 0 Å². The van der Waals surface area contributed by atoms with Crippen LogP contribution in [0.4, 0.5) is 0 Å². The lowest BCUT2D eigenvalue weighted by molar-refractivity contribution is 0.0438. The summed E-state index contributed by atoms with van der Waals surface area (Å²) in [4.78, 5) is 12.4. The van der Waals surface area contributed by atoms with E-state index in [-0.39, 0.29) is 28.8 Å². The summed E-state index contributed by atoms with van der Waals surface area (Å²) in [6.07, 6.45) is 4.18. The first-order valence-electron chi connectivity index (χ1n) is 9.17. The number of aromatic nitrogens is 2. The molecule has 0 saturated carbocycles. The molecule has 0 spiro atoms. The number of rotatable bonds is 6. The maximum Gasteiger partial charge on any atom is 0.338 e. The number of sulfonamides is 1. The van der Waals surface area contributed by atoms with E-state index < -0.39 is 16.0 Å². The molecule has 3 heterocycles. The van der Waals surface area contributed by atoms with Crippen LogP contribution in [-0.2, 0) is 21.4 Å². The van der Waals surface area contributed by atoms with Gasteiger partial charge in [-0.2, -0.15) is 4.31 Å². The van der Waals surface area contributed by atoms with Crippen LogP contribution in [0, 0.1) is 0 Å². The number of hydrogen-bond acceptors (Lipinski definition) is 8. The standard InChI is InChI=1S/C19H19N3O6S/c23-19(27-13-17-20-21-18(28-17)16-8-5-11-26-16)14-6-4-7-15(12-14)29(24,25)22-9-2-1-3-10-22/h4-8,11-12H,1-3,9-10,13H2. The van der Waals surface area contributed by atoms with Crippen LogP contribution in [0.1, 0.15) is 35.5 Å². The van der Waals surface area contributed by atoms with Gasteiger partial charge in [0, 0.05) is 13.1 Å². The van der Waals surface area contributed by atoms with Gasteiger partial charge < -0.3 is 13.6 Å². The predicted molar refractivity (Wildman–Crippen MR) is 100 cm³/mol. The maximum atomic E-state index is 12.8. The third-order valence-electron chi connectivity index (χ3n) is 4.55. The molecule has 0 N–H and O–H groups in total. The first-order chi connectivity index (χ1) is 14.0. The molecule has 1 aliphatic rings. The molecule has 4 rings (SSSR count). The maximum absolute atomic E-state index is 12.8. The Kier molecular flexibility index (Phi) is 5.45. The molecule has 29 heavy (non-hydrogen) atoms. The number of carbonyl (C=O) groups excluding carboxylic acids is 1. The predicted octanol–water partition coefficient (Wildman–Crippen LogP) is 2.86. The number of hydrogen-bond donors (Lipinski definition) is 0. The molecular weight excluding hydrogens is 398 g/mol. The Hall–Kier alpha value is -2.98. The van der Waals surface area contributed by atoms with Crippen molar-refractivity contribution in [2.24, 2.45) is 0 Å². The van der Waals surface area contributed by atoms with Gasteiger partial charge in [-0.1, -0.05) is 12.5 Å². The molecule has 1 aliphatic heterocycles. The van der Waals surface area contributed by atoms with E-state index in [1.54, 1.807) is 12.1 Å². The molecular formula is C19H19N3O6S. The highest BCUT2D eigenvalue weighted by Gasteiger charge is 2.26. The smallest absolute Gasteiger partial charge is 0.338 e. The van der Waals surface area contributed by atoms with Crippen LogP contribution >= 0.6 is 0 Å². The topological polar surface area (TPSA) is 116 Å². The molecule has 1 saturated heterocycles. The lowest BCUT2D eigenvalue weighted by Crippen LogP contribution is -2.35. The van der Waals surface area contributed by atoms with E-state index in [1.165, 1.54) is 34.8 Å². The minimum absolute atomic E-state index is 0.0757. The van der Waals surface area contributed by atoms with Crippen LogP contribution in [0.2, 0.25) is 0 Å². The van der Waals surface area contributed by atoms with Gasteiger partial charge in [0.2, 0.25) is 10.0 Å². The Labute approximate surface area is 167 Å². The van der Waals surface area contributed by atoms with E-state index in [2.05, 4.69) is 10.2 Å². The molecule has 0 radical (unpaired) electrons. The number of carbonyl (C=O) groups is 1. The Morgan fingerprint density at radius 3 is 2.69 bits per heavy atom. The summed E-state index contributed by atoms with van der Waals surface area (Å²) in [7, 11) is -3.63. The van der Waals surface area contributed by atoms with Crippen molar-refractivity contribution in [3.8, 4) is 11.7 Å². The number of benzene rings is 1. The summed E-state index contributed by atoms with van der Waals surface area (Å²) in [5.74, 6) is 0.00153. The van der Waals surface area contributed by atoms with Crippen LogP contribution in [0.5, 0.6) is 0 Å². The van der Waals surface area contributed by atoms with Gasteiger partial charge in [0.1, 0.15) is 0 Å². The van der Waals surface area contributed by atoms with E-state index in [0.29, 0.717) is 18.8 Å². The largest absolute Gasteiger partial charge is 0.459 e. The van der Waals surface area contributed by atoms with E-state index in [9.17, 15) is 13.2 Å².